The molecule has 4 nitrogen and oxygen atoms in total. The molecular formula is C17H11Cl2NO3. The van der Waals surface area contributed by atoms with Crippen molar-refractivity contribution >= 4 is 41.1 Å². The van der Waals surface area contributed by atoms with Gasteiger partial charge in [0.1, 0.15) is 5.75 Å². The Morgan fingerprint density at radius 1 is 1.13 bits per heavy atom. The summed E-state index contributed by atoms with van der Waals surface area (Å²) in [6, 6.07) is 12.1. The molecule has 6 heteroatoms. The first kappa shape index (κ1) is 15.6. The highest BCUT2D eigenvalue weighted by Gasteiger charge is 2.26. The highest BCUT2D eigenvalue weighted by molar-refractivity contribution is 6.31. The summed E-state index contributed by atoms with van der Waals surface area (Å²) in [7, 11) is 1.52. The number of halogens is 2. The molecule has 116 valence electrons. The van der Waals surface area contributed by atoms with Crippen LogP contribution in [0.3, 0.4) is 0 Å². The first-order chi connectivity index (χ1) is 11.1. The lowest BCUT2D eigenvalue weighted by Crippen LogP contribution is -2.07. The van der Waals surface area contributed by atoms with Crippen molar-refractivity contribution in [2.75, 3.05) is 7.11 Å². The SMILES string of the molecule is COc1ccc(Cl)cc1C1=N/C(=C/c2cccc(Cl)c2)C(=O)O1. The molecule has 1 aliphatic rings. The summed E-state index contributed by atoms with van der Waals surface area (Å²) in [6.07, 6.45) is 1.61. The zero-order valence-electron chi connectivity index (χ0n) is 12.0. The van der Waals surface area contributed by atoms with Crippen LogP contribution in [0.25, 0.3) is 6.08 Å². The van der Waals surface area contributed by atoms with Gasteiger partial charge in [0.25, 0.3) is 0 Å². The number of hydrogen-bond acceptors (Lipinski definition) is 4. The average molecular weight is 348 g/mol. The van der Waals surface area contributed by atoms with Crippen LogP contribution in [-0.4, -0.2) is 19.0 Å². The molecule has 0 saturated carbocycles. The van der Waals surface area contributed by atoms with Gasteiger partial charge in [-0.15, -0.1) is 0 Å². The van der Waals surface area contributed by atoms with Crippen LogP contribution in [0, 0.1) is 0 Å². The fourth-order valence-corrected chi connectivity index (χ4v) is 2.50. The number of hydrogen-bond donors (Lipinski definition) is 0. The quantitative estimate of drug-likeness (QED) is 0.612. The first-order valence-corrected chi connectivity index (χ1v) is 7.44. The summed E-state index contributed by atoms with van der Waals surface area (Å²) in [5.74, 6) is 0.134. The average Bonchev–Trinajstić information content (AvgIpc) is 2.88. The van der Waals surface area contributed by atoms with E-state index in [1.807, 2.05) is 6.07 Å². The van der Waals surface area contributed by atoms with Crippen LogP contribution >= 0.6 is 23.2 Å². The van der Waals surface area contributed by atoms with Gasteiger partial charge in [-0.25, -0.2) is 9.79 Å². The number of methoxy groups -OCH3 is 1. The Labute approximate surface area is 143 Å². The molecule has 0 aliphatic carbocycles. The van der Waals surface area contributed by atoms with Crippen LogP contribution in [0.2, 0.25) is 10.0 Å². The molecule has 0 N–H and O–H groups in total. The zero-order valence-corrected chi connectivity index (χ0v) is 13.6. The predicted molar refractivity (Wildman–Crippen MR) is 90.1 cm³/mol. The van der Waals surface area contributed by atoms with Gasteiger partial charge in [0, 0.05) is 10.0 Å². The first-order valence-electron chi connectivity index (χ1n) is 6.69. The molecule has 0 radical (unpaired) electrons. The molecule has 0 aromatic heterocycles. The van der Waals surface area contributed by atoms with Crippen molar-refractivity contribution in [3.05, 3.63) is 69.3 Å². The van der Waals surface area contributed by atoms with Gasteiger partial charge in [-0.2, -0.15) is 0 Å². The van der Waals surface area contributed by atoms with E-state index in [1.165, 1.54) is 7.11 Å². The lowest BCUT2D eigenvalue weighted by molar-refractivity contribution is -0.129. The molecule has 2 aromatic carbocycles. The van der Waals surface area contributed by atoms with Gasteiger partial charge in [0.15, 0.2) is 5.70 Å². The molecule has 1 heterocycles. The van der Waals surface area contributed by atoms with Crippen LogP contribution in [0.5, 0.6) is 5.75 Å². The third-order valence-corrected chi connectivity index (χ3v) is 3.63. The highest BCUT2D eigenvalue weighted by Crippen LogP contribution is 2.28. The minimum atomic E-state index is -0.540. The van der Waals surface area contributed by atoms with Crippen LogP contribution in [0.15, 0.2) is 53.2 Å². The molecule has 1 aliphatic heterocycles. The molecule has 23 heavy (non-hydrogen) atoms. The third kappa shape index (κ3) is 3.38. The van der Waals surface area contributed by atoms with Gasteiger partial charge in [0.2, 0.25) is 5.90 Å². The minimum Gasteiger partial charge on any atom is -0.496 e. The summed E-state index contributed by atoms with van der Waals surface area (Å²) in [5, 5.41) is 1.07. The van der Waals surface area contributed by atoms with E-state index in [2.05, 4.69) is 4.99 Å². The molecule has 0 bridgehead atoms. The fraction of sp³-hybridized carbons (Fsp3) is 0.0588. The number of nitrogens with zero attached hydrogens (tertiary/aromatic N) is 1. The number of carbonyl (C=O) groups excluding carboxylic acids is 1. The largest absolute Gasteiger partial charge is 0.496 e. The monoisotopic (exact) mass is 347 g/mol. The van der Waals surface area contributed by atoms with Crippen molar-refractivity contribution in [2.24, 2.45) is 4.99 Å². The van der Waals surface area contributed by atoms with Crippen LogP contribution in [0.4, 0.5) is 0 Å². The molecule has 0 saturated heterocycles. The van der Waals surface area contributed by atoms with E-state index in [-0.39, 0.29) is 11.6 Å². The van der Waals surface area contributed by atoms with Crippen molar-refractivity contribution in [2.45, 2.75) is 0 Å². The zero-order chi connectivity index (χ0) is 16.4. The predicted octanol–water partition coefficient (Wildman–Crippen LogP) is 4.35. The number of aliphatic imine (C=N–C) groups is 1. The van der Waals surface area contributed by atoms with Crippen molar-refractivity contribution in [3.63, 3.8) is 0 Å². The Bertz CT molecular complexity index is 843. The minimum absolute atomic E-state index is 0.155. The van der Waals surface area contributed by atoms with E-state index in [4.69, 9.17) is 32.7 Å². The molecular weight excluding hydrogens is 337 g/mol. The van der Waals surface area contributed by atoms with Crippen LogP contribution < -0.4 is 4.74 Å². The number of carbonyl (C=O) groups is 1. The van der Waals surface area contributed by atoms with Gasteiger partial charge in [0.05, 0.1) is 12.7 Å². The molecule has 0 amide bonds. The molecule has 2 aromatic rings. The Kier molecular flexibility index (Phi) is 4.37. The summed E-state index contributed by atoms with van der Waals surface area (Å²) < 4.78 is 10.5. The lowest BCUT2D eigenvalue weighted by atomic mass is 10.2. The third-order valence-electron chi connectivity index (χ3n) is 3.16. The standard InChI is InChI=1S/C17H11Cl2NO3/c1-22-15-6-5-12(19)9-13(15)16-20-14(17(21)23-16)8-10-3-2-4-11(18)7-10/h2-9H,1H3/b14-8+. The van der Waals surface area contributed by atoms with E-state index in [0.29, 0.717) is 21.4 Å². The summed E-state index contributed by atoms with van der Waals surface area (Å²) in [6.45, 7) is 0. The van der Waals surface area contributed by atoms with Gasteiger partial charge in [-0.05, 0) is 42.0 Å². The smallest absolute Gasteiger partial charge is 0.363 e. The normalized spacial score (nSPS) is 15.5. The van der Waals surface area contributed by atoms with E-state index in [1.54, 1.807) is 42.5 Å². The van der Waals surface area contributed by atoms with E-state index >= 15 is 0 Å². The van der Waals surface area contributed by atoms with E-state index in [0.717, 1.165) is 5.56 Å². The Morgan fingerprint density at radius 2 is 1.91 bits per heavy atom. The van der Waals surface area contributed by atoms with Gasteiger partial charge >= 0.3 is 5.97 Å². The maximum Gasteiger partial charge on any atom is 0.363 e. The Morgan fingerprint density at radius 3 is 2.65 bits per heavy atom. The molecule has 3 rings (SSSR count). The number of rotatable bonds is 3. The van der Waals surface area contributed by atoms with Crippen molar-refractivity contribution in [3.8, 4) is 5.75 Å². The number of ether oxygens (including phenoxy) is 2. The van der Waals surface area contributed by atoms with Crippen LogP contribution in [0.1, 0.15) is 11.1 Å². The van der Waals surface area contributed by atoms with Gasteiger partial charge in [-0.1, -0.05) is 35.3 Å². The molecule has 0 atom stereocenters. The summed E-state index contributed by atoms with van der Waals surface area (Å²) in [5.41, 5.74) is 1.46. The number of benzene rings is 2. The van der Waals surface area contributed by atoms with Gasteiger partial charge < -0.3 is 9.47 Å². The van der Waals surface area contributed by atoms with E-state index < -0.39 is 5.97 Å². The number of cyclic esters (lactones) is 1. The molecule has 0 fully saturated rings. The maximum absolute atomic E-state index is 12.0. The summed E-state index contributed by atoms with van der Waals surface area (Å²) >= 11 is 11.9. The van der Waals surface area contributed by atoms with E-state index in [9.17, 15) is 4.79 Å². The van der Waals surface area contributed by atoms with Crippen LogP contribution in [-0.2, 0) is 9.53 Å². The fourth-order valence-electron chi connectivity index (χ4n) is 2.13. The van der Waals surface area contributed by atoms with Crippen molar-refractivity contribution < 1.29 is 14.3 Å². The maximum atomic E-state index is 12.0. The van der Waals surface area contributed by atoms with Crippen molar-refractivity contribution in [1.82, 2.24) is 0 Å². The van der Waals surface area contributed by atoms with Crippen molar-refractivity contribution in [1.29, 1.82) is 0 Å². The molecule has 0 spiro atoms. The topological polar surface area (TPSA) is 47.9 Å². The highest BCUT2D eigenvalue weighted by atomic mass is 35.5. The second-order valence-corrected chi connectivity index (χ2v) is 5.61. The second kappa shape index (κ2) is 6.44. The molecule has 0 unspecified atom stereocenters. The second-order valence-electron chi connectivity index (χ2n) is 4.74. The number of esters is 1. The Hall–Kier alpha value is -2.30. The Balaban J connectivity index is 2.00. The van der Waals surface area contributed by atoms with Gasteiger partial charge in [-0.3, -0.25) is 0 Å². The lowest BCUT2D eigenvalue weighted by Gasteiger charge is -2.07. The summed E-state index contributed by atoms with van der Waals surface area (Å²) in [4.78, 5) is 16.3.